The van der Waals surface area contributed by atoms with Crippen LogP contribution in [0.25, 0.3) is 0 Å². The molecule has 0 unspecified atom stereocenters. The molecule has 5 nitrogen and oxygen atoms in total. The van der Waals surface area contributed by atoms with E-state index in [1.54, 1.807) is 13.8 Å². The molecule has 0 spiro atoms. The van der Waals surface area contributed by atoms with Crippen LogP contribution in [0.5, 0.6) is 0 Å². The molecule has 0 fully saturated rings. The van der Waals surface area contributed by atoms with Gasteiger partial charge in [0.2, 0.25) is 0 Å². The van der Waals surface area contributed by atoms with E-state index in [9.17, 15) is 10.1 Å². The smallest absolute Gasteiger partial charge is 0.290 e. The number of pyridine rings is 1. The largest absolute Gasteiger partial charge is 0.384 e. The molecule has 1 aromatic heterocycles. The fourth-order valence-electron chi connectivity index (χ4n) is 1.13. The van der Waals surface area contributed by atoms with Gasteiger partial charge in [0, 0.05) is 6.07 Å². The van der Waals surface area contributed by atoms with Crippen LogP contribution in [-0.2, 0) is 0 Å². The molecule has 1 heterocycles. The van der Waals surface area contributed by atoms with E-state index in [-0.39, 0.29) is 12.3 Å². The number of rotatable bonds is 1. The first-order valence-electron chi connectivity index (χ1n) is 4.28. The molecule has 0 aliphatic rings. The summed E-state index contributed by atoms with van der Waals surface area (Å²) < 4.78 is 0. The predicted octanol–water partition coefficient (Wildman–Crippen LogP) is 0.950. The molecular weight excluding hydrogens is 196 g/mol. The summed E-state index contributed by atoms with van der Waals surface area (Å²) in [6, 6.07) is 1.43. The Kier molecular flexibility index (Phi) is 3.37. The molecule has 0 aliphatic carbocycles. The molecule has 0 amide bonds. The van der Waals surface area contributed by atoms with Crippen molar-refractivity contribution in [3.05, 3.63) is 33.1 Å². The monoisotopic (exact) mass is 206 g/mol. The number of aliphatic hydroxyl groups is 1. The van der Waals surface area contributed by atoms with Gasteiger partial charge >= 0.3 is 0 Å². The van der Waals surface area contributed by atoms with Gasteiger partial charge < -0.3 is 5.11 Å². The Labute approximate surface area is 86.9 Å². The molecule has 1 N–H and O–H groups in total. The fourth-order valence-corrected chi connectivity index (χ4v) is 1.13. The summed E-state index contributed by atoms with van der Waals surface area (Å²) in [5.41, 5.74) is 1.41. The molecule has 0 atom stereocenters. The van der Waals surface area contributed by atoms with Gasteiger partial charge in [-0.2, -0.15) is 0 Å². The number of hydrogen-bond acceptors (Lipinski definition) is 4. The maximum atomic E-state index is 10.6. The van der Waals surface area contributed by atoms with Crippen molar-refractivity contribution in [3.63, 3.8) is 0 Å². The van der Waals surface area contributed by atoms with Crippen LogP contribution >= 0.6 is 0 Å². The highest BCUT2D eigenvalue weighted by Crippen LogP contribution is 2.18. The molecule has 1 rings (SSSR count). The van der Waals surface area contributed by atoms with Gasteiger partial charge in [-0.05, 0) is 25.3 Å². The number of nitro groups is 1. The first-order valence-corrected chi connectivity index (χ1v) is 4.28. The molecule has 1 aromatic rings. The van der Waals surface area contributed by atoms with Crippen LogP contribution in [0.1, 0.15) is 17.0 Å². The molecule has 0 aromatic carbocycles. The zero-order valence-electron chi connectivity index (χ0n) is 8.44. The van der Waals surface area contributed by atoms with Crippen molar-refractivity contribution in [2.75, 3.05) is 6.61 Å². The van der Waals surface area contributed by atoms with Gasteiger partial charge in [-0.1, -0.05) is 5.92 Å². The summed E-state index contributed by atoms with van der Waals surface area (Å²) in [6.45, 7) is 3.00. The average molecular weight is 206 g/mol. The van der Waals surface area contributed by atoms with E-state index in [1.165, 1.54) is 6.07 Å². The molecule has 0 radical (unpaired) electrons. The molecular formula is C10H10N2O3. The van der Waals surface area contributed by atoms with Crippen LogP contribution in [0.15, 0.2) is 6.07 Å². The van der Waals surface area contributed by atoms with E-state index in [1.807, 2.05) is 0 Å². The van der Waals surface area contributed by atoms with Gasteiger partial charge in [-0.15, -0.1) is 0 Å². The van der Waals surface area contributed by atoms with Crippen LogP contribution in [0, 0.1) is 35.8 Å². The Morgan fingerprint density at radius 2 is 2.27 bits per heavy atom. The van der Waals surface area contributed by atoms with E-state index >= 15 is 0 Å². The highest BCUT2D eigenvalue weighted by Gasteiger charge is 2.13. The van der Waals surface area contributed by atoms with Gasteiger partial charge in [-0.25, -0.2) is 4.98 Å². The van der Waals surface area contributed by atoms with Crippen LogP contribution < -0.4 is 0 Å². The number of aryl methyl sites for hydroxylation is 2. The zero-order valence-corrected chi connectivity index (χ0v) is 8.44. The predicted molar refractivity (Wildman–Crippen MR) is 54.3 cm³/mol. The lowest BCUT2D eigenvalue weighted by Crippen LogP contribution is -1.98. The van der Waals surface area contributed by atoms with Gasteiger partial charge in [0.25, 0.3) is 5.69 Å². The highest BCUT2D eigenvalue weighted by atomic mass is 16.6. The van der Waals surface area contributed by atoms with Gasteiger partial charge in [0.15, 0.2) is 0 Å². The Morgan fingerprint density at radius 3 is 2.80 bits per heavy atom. The summed E-state index contributed by atoms with van der Waals surface area (Å²) in [4.78, 5) is 14.1. The normalized spacial score (nSPS) is 9.27. The first-order chi connectivity index (χ1) is 7.06. The highest BCUT2D eigenvalue weighted by molar-refractivity contribution is 5.45. The van der Waals surface area contributed by atoms with Crippen molar-refractivity contribution in [3.8, 4) is 11.8 Å². The second kappa shape index (κ2) is 4.53. The zero-order chi connectivity index (χ0) is 11.4. The minimum atomic E-state index is -0.474. The van der Waals surface area contributed by atoms with E-state index < -0.39 is 4.92 Å². The number of nitrogens with zero attached hydrogens (tertiary/aromatic N) is 2. The molecule has 15 heavy (non-hydrogen) atoms. The van der Waals surface area contributed by atoms with Gasteiger partial charge in [-0.3, -0.25) is 10.1 Å². The molecule has 78 valence electrons. The molecule has 0 aliphatic heterocycles. The topological polar surface area (TPSA) is 76.3 Å². The second-order valence-corrected chi connectivity index (χ2v) is 2.98. The Balaban J connectivity index is 3.25. The number of aliphatic hydroxyl groups excluding tert-OH is 1. The third kappa shape index (κ3) is 2.51. The second-order valence-electron chi connectivity index (χ2n) is 2.98. The lowest BCUT2D eigenvalue weighted by atomic mass is 10.1. The first kappa shape index (κ1) is 11.1. The lowest BCUT2D eigenvalue weighted by Gasteiger charge is -2.00. The molecule has 0 saturated carbocycles. The Hall–Kier alpha value is -1.93. The SMILES string of the molecule is Cc1cc([N+](=O)[O-])c(C)nc1C#CCO. The third-order valence-electron chi connectivity index (χ3n) is 1.86. The number of hydrogen-bond donors (Lipinski definition) is 1. The number of aromatic nitrogens is 1. The van der Waals surface area contributed by atoms with Crippen LogP contribution in [0.2, 0.25) is 0 Å². The maximum Gasteiger partial charge on any atom is 0.290 e. The van der Waals surface area contributed by atoms with Crippen LogP contribution in [0.4, 0.5) is 5.69 Å². The van der Waals surface area contributed by atoms with E-state index in [0.717, 1.165) is 0 Å². The van der Waals surface area contributed by atoms with Crippen molar-refractivity contribution in [1.29, 1.82) is 0 Å². The summed E-state index contributed by atoms with van der Waals surface area (Å²) in [5.74, 6) is 5.09. The van der Waals surface area contributed by atoms with Crippen LogP contribution in [-0.4, -0.2) is 21.6 Å². The Morgan fingerprint density at radius 1 is 1.60 bits per heavy atom. The maximum absolute atomic E-state index is 10.6. The molecule has 5 heteroatoms. The van der Waals surface area contributed by atoms with Crippen LogP contribution in [0.3, 0.4) is 0 Å². The van der Waals surface area contributed by atoms with Gasteiger partial charge in [0.05, 0.1) is 4.92 Å². The third-order valence-corrected chi connectivity index (χ3v) is 1.86. The minimum Gasteiger partial charge on any atom is -0.384 e. The molecule has 0 saturated heterocycles. The standard InChI is InChI=1S/C10H10N2O3/c1-7-6-10(12(14)15)8(2)11-9(7)4-3-5-13/h6,13H,5H2,1-2H3. The fraction of sp³-hybridized carbons (Fsp3) is 0.300. The van der Waals surface area contributed by atoms with Crippen molar-refractivity contribution >= 4 is 5.69 Å². The summed E-state index contributed by atoms with van der Waals surface area (Å²) in [5, 5.41) is 19.1. The average Bonchev–Trinajstić information content (AvgIpc) is 2.18. The van der Waals surface area contributed by atoms with E-state index in [4.69, 9.17) is 5.11 Å². The van der Waals surface area contributed by atoms with Crippen molar-refractivity contribution in [1.82, 2.24) is 4.98 Å². The van der Waals surface area contributed by atoms with Gasteiger partial charge in [0.1, 0.15) is 18.0 Å². The lowest BCUT2D eigenvalue weighted by molar-refractivity contribution is -0.385. The van der Waals surface area contributed by atoms with Crippen molar-refractivity contribution in [2.45, 2.75) is 13.8 Å². The van der Waals surface area contributed by atoms with E-state index in [0.29, 0.717) is 17.0 Å². The van der Waals surface area contributed by atoms with E-state index in [2.05, 4.69) is 16.8 Å². The minimum absolute atomic E-state index is 0.0120. The summed E-state index contributed by atoms with van der Waals surface area (Å²) >= 11 is 0. The summed E-state index contributed by atoms with van der Waals surface area (Å²) in [6.07, 6.45) is 0. The van der Waals surface area contributed by atoms with Crippen molar-refractivity contribution < 1.29 is 10.0 Å². The summed E-state index contributed by atoms with van der Waals surface area (Å²) in [7, 11) is 0. The molecule has 0 bridgehead atoms. The van der Waals surface area contributed by atoms with Crippen molar-refractivity contribution in [2.24, 2.45) is 0 Å². The quantitative estimate of drug-likeness (QED) is 0.421. The Bertz CT molecular complexity index is 458.